The van der Waals surface area contributed by atoms with Crippen molar-refractivity contribution in [3.05, 3.63) is 63.6 Å². The van der Waals surface area contributed by atoms with Crippen molar-refractivity contribution in [1.82, 2.24) is 8.96 Å². The number of aromatic nitrogens is 2. The van der Waals surface area contributed by atoms with Gasteiger partial charge in [0.1, 0.15) is 0 Å². The molecule has 0 bridgehead atoms. The fourth-order valence-corrected chi connectivity index (χ4v) is 4.16. The highest BCUT2D eigenvalue weighted by atomic mass is 32.2. The molecule has 24 heavy (non-hydrogen) atoms. The zero-order chi connectivity index (χ0) is 18.1. The molecule has 0 saturated carbocycles. The molecule has 1 aromatic carbocycles. The summed E-state index contributed by atoms with van der Waals surface area (Å²) >= 11 is 0. The number of nitrogens with one attached hydrogen (secondary N) is 1. The molecule has 0 radical (unpaired) electrons. The first kappa shape index (κ1) is 18.0. The molecule has 0 aliphatic carbocycles. The van der Waals surface area contributed by atoms with Crippen LogP contribution in [0.25, 0.3) is 11.0 Å². The van der Waals surface area contributed by atoms with E-state index < -0.39 is 10.0 Å². The third-order valence-electron chi connectivity index (χ3n) is 3.90. The normalized spacial score (nSPS) is 11.2. The molecule has 2 aromatic heterocycles. The quantitative estimate of drug-likeness (QED) is 0.772. The number of rotatable bonds is 2. The van der Waals surface area contributed by atoms with Gasteiger partial charge >= 0.3 is 0 Å². The summed E-state index contributed by atoms with van der Waals surface area (Å²) in [5, 5.41) is 0. The number of nitrogens with zero attached hydrogens (tertiary/aromatic N) is 1. The SMILES string of the molecule is CC.Cc1ccc(S(=O)(=O)n2c(C)c(C)c3[nH]c(=O)ccc32)cc1. The summed E-state index contributed by atoms with van der Waals surface area (Å²) in [4.78, 5) is 14.4. The smallest absolute Gasteiger partial charge is 0.268 e. The van der Waals surface area contributed by atoms with Crippen LogP contribution in [0.15, 0.2) is 46.1 Å². The van der Waals surface area contributed by atoms with Gasteiger partial charge in [0.05, 0.1) is 15.9 Å². The van der Waals surface area contributed by atoms with Crippen LogP contribution in [0.3, 0.4) is 0 Å². The van der Waals surface area contributed by atoms with E-state index in [4.69, 9.17) is 0 Å². The fraction of sp³-hybridized carbons (Fsp3) is 0.278. The molecule has 3 rings (SSSR count). The number of pyridine rings is 1. The minimum absolute atomic E-state index is 0.226. The van der Waals surface area contributed by atoms with E-state index in [-0.39, 0.29) is 10.5 Å². The topological polar surface area (TPSA) is 71.9 Å². The standard InChI is InChI=1S/C16H16N2O3S.C2H6/c1-10-4-6-13(7-5-10)22(20,21)18-12(3)11(2)16-14(18)8-9-15(19)17-16;1-2/h4-9H,1-3H3,(H,17,19);1-2H3. The molecule has 0 unspecified atom stereocenters. The first-order valence-electron chi connectivity index (χ1n) is 7.85. The maximum Gasteiger partial charge on any atom is 0.268 e. The van der Waals surface area contributed by atoms with Crippen LogP contribution >= 0.6 is 0 Å². The lowest BCUT2D eigenvalue weighted by Crippen LogP contribution is -2.15. The van der Waals surface area contributed by atoms with Crippen LogP contribution < -0.4 is 5.56 Å². The largest absolute Gasteiger partial charge is 0.320 e. The Labute approximate surface area is 142 Å². The summed E-state index contributed by atoms with van der Waals surface area (Å²) in [5.74, 6) is 0. The van der Waals surface area contributed by atoms with E-state index in [1.54, 1.807) is 44.2 Å². The van der Waals surface area contributed by atoms with Crippen LogP contribution in [0, 0.1) is 20.8 Å². The summed E-state index contributed by atoms with van der Waals surface area (Å²) < 4.78 is 27.2. The van der Waals surface area contributed by atoms with Gasteiger partial charge in [-0.15, -0.1) is 0 Å². The van der Waals surface area contributed by atoms with Crippen molar-refractivity contribution in [2.45, 2.75) is 39.5 Å². The third kappa shape index (κ3) is 2.89. The molecule has 5 nitrogen and oxygen atoms in total. The average molecular weight is 346 g/mol. The maximum absolute atomic E-state index is 12.9. The second-order valence-electron chi connectivity index (χ2n) is 5.38. The van der Waals surface area contributed by atoms with E-state index in [1.165, 1.54) is 10.0 Å². The molecular formula is C18H22N2O3S. The number of fused-ring (bicyclic) bond motifs is 1. The van der Waals surface area contributed by atoms with Crippen LogP contribution in [-0.2, 0) is 10.0 Å². The Bertz CT molecular complexity index is 1030. The Morgan fingerprint density at radius 2 is 1.50 bits per heavy atom. The Morgan fingerprint density at radius 3 is 2.08 bits per heavy atom. The van der Waals surface area contributed by atoms with Gasteiger partial charge in [-0.3, -0.25) is 4.79 Å². The lowest BCUT2D eigenvalue weighted by molar-refractivity contribution is 0.588. The Morgan fingerprint density at radius 1 is 0.917 bits per heavy atom. The molecule has 0 aliphatic rings. The highest BCUT2D eigenvalue weighted by Gasteiger charge is 2.23. The Balaban J connectivity index is 0.00000100. The second-order valence-corrected chi connectivity index (χ2v) is 7.16. The predicted molar refractivity (Wildman–Crippen MR) is 97.1 cm³/mol. The van der Waals surface area contributed by atoms with Gasteiger partial charge in [-0.25, -0.2) is 12.4 Å². The zero-order valence-electron chi connectivity index (χ0n) is 14.5. The van der Waals surface area contributed by atoms with Crippen LogP contribution in [0.5, 0.6) is 0 Å². The average Bonchev–Trinajstić information content (AvgIpc) is 2.81. The number of hydrogen-bond donors (Lipinski definition) is 1. The van der Waals surface area contributed by atoms with Gasteiger partial charge in [-0.05, 0) is 44.5 Å². The molecule has 6 heteroatoms. The number of aryl methyl sites for hydroxylation is 2. The van der Waals surface area contributed by atoms with E-state index >= 15 is 0 Å². The highest BCUT2D eigenvalue weighted by molar-refractivity contribution is 7.90. The molecule has 0 atom stereocenters. The van der Waals surface area contributed by atoms with Crippen molar-refractivity contribution in [3.8, 4) is 0 Å². The van der Waals surface area contributed by atoms with Gasteiger partial charge in [-0.1, -0.05) is 31.5 Å². The number of benzene rings is 1. The molecule has 3 aromatic rings. The van der Waals surface area contributed by atoms with Crippen LogP contribution in [0.1, 0.15) is 30.7 Å². The Kier molecular flexibility index (Phi) is 4.99. The molecule has 128 valence electrons. The zero-order valence-corrected chi connectivity index (χ0v) is 15.4. The van der Waals surface area contributed by atoms with Crippen molar-refractivity contribution in [2.24, 2.45) is 0 Å². The van der Waals surface area contributed by atoms with E-state index in [9.17, 15) is 13.2 Å². The number of H-pyrrole nitrogens is 1. The van der Waals surface area contributed by atoms with Crippen LogP contribution in [0.4, 0.5) is 0 Å². The molecule has 0 saturated heterocycles. The molecule has 1 N–H and O–H groups in total. The highest BCUT2D eigenvalue weighted by Crippen LogP contribution is 2.27. The minimum atomic E-state index is -3.71. The molecule has 0 spiro atoms. The van der Waals surface area contributed by atoms with Crippen molar-refractivity contribution in [2.75, 3.05) is 0 Å². The van der Waals surface area contributed by atoms with Crippen LogP contribution in [0.2, 0.25) is 0 Å². The van der Waals surface area contributed by atoms with Gasteiger partial charge in [-0.2, -0.15) is 0 Å². The number of hydrogen-bond acceptors (Lipinski definition) is 3. The summed E-state index contributed by atoms with van der Waals surface area (Å²) in [6, 6.07) is 9.60. The maximum atomic E-state index is 12.9. The summed E-state index contributed by atoms with van der Waals surface area (Å²) in [5.41, 5.74) is 3.13. The lowest BCUT2D eigenvalue weighted by atomic mass is 10.2. The first-order chi connectivity index (χ1) is 11.3. The van der Waals surface area contributed by atoms with Gasteiger partial charge in [0.25, 0.3) is 10.0 Å². The van der Waals surface area contributed by atoms with Crippen molar-refractivity contribution < 1.29 is 8.42 Å². The summed E-state index contributed by atoms with van der Waals surface area (Å²) in [6.07, 6.45) is 0. The van der Waals surface area contributed by atoms with Crippen molar-refractivity contribution >= 4 is 21.1 Å². The van der Waals surface area contributed by atoms with Crippen molar-refractivity contribution in [3.63, 3.8) is 0 Å². The van der Waals surface area contributed by atoms with E-state index in [0.29, 0.717) is 16.7 Å². The summed E-state index contributed by atoms with van der Waals surface area (Å²) in [6.45, 7) is 9.44. The van der Waals surface area contributed by atoms with Gasteiger partial charge in [0.2, 0.25) is 5.56 Å². The van der Waals surface area contributed by atoms with E-state index in [0.717, 1.165) is 11.1 Å². The molecule has 0 aliphatic heterocycles. The predicted octanol–water partition coefficient (Wildman–Crippen LogP) is 3.52. The van der Waals surface area contributed by atoms with Crippen LogP contribution in [-0.4, -0.2) is 17.4 Å². The summed E-state index contributed by atoms with van der Waals surface area (Å²) in [7, 11) is -3.71. The minimum Gasteiger partial charge on any atom is -0.320 e. The second kappa shape index (κ2) is 6.65. The lowest BCUT2D eigenvalue weighted by Gasteiger charge is -2.10. The molecular weight excluding hydrogens is 324 g/mol. The van der Waals surface area contributed by atoms with Crippen molar-refractivity contribution in [1.29, 1.82) is 0 Å². The van der Waals surface area contributed by atoms with E-state index in [1.807, 2.05) is 20.8 Å². The molecule has 0 fully saturated rings. The number of aromatic amines is 1. The fourth-order valence-electron chi connectivity index (χ4n) is 2.56. The van der Waals surface area contributed by atoms with Gasteiger partial charge in [0.15, 0.2) is 0 Å². The third-order valence-corrected chi connectivity index (χ3v) is 5.72. The first-order valence-corrected chi connectivity index (χ1v) is 9.29. The molecule has 2 heterocycles. The van der Waals surface area contributed by atoms with Gasteiger partial charge in [0, 0.05) is 11.8 Å². The van der Waals surface area contributed by atoms with E-state index in [2.05, 4.69) is 4.98 Å². The monoisotopic (exact) mass is 346 g/mol. The molecule has 0 amide bonds. The Hall–Kier alpha value is -2.34. The van der Waals surface area contributed by atoms with Gasteiger partial charge < -0.3 is 4.98 Å².